The Morgan fingerprint density at radius 3 is 2.09 bits per heavy atom. The molecule has 0 saturated carbocycles. The molecule has 122 valence electrons. The molecule has 0 aliphatic rings. The molecule has 1 rings (SSSR count). The van der Waals surface area contributed by atoms with Gasteiger partial charge in [-0.1, -0.05) is 17.7 Å². The molecule has 0 spiro atoms. The van der Waals surface area contributed by atoms with Crippen LogP contribution in [0.15, 0.2) is 18.2 Å². The van der Waals surface area contributed by atoms with E-state index in [4.69, 9.17) is 16.7 Å². The maximum Gasteiger partial charge on any atom is 0.471 e. The Morgan fingerprint density at radius 2 is 1.68 bits per heavy atom. The number of benzene rings is 1. The number of hydrogen-bond acceptors (Lipinski definition) is 2. The van der Waals surface area contributed by atoms with Crippen LogP contribution < -0.4 is 5.32 Å². The molecule has 22 heavy (non-hydrogen) atoms. The molecule has 1 unspecified atom stereocenters. The zero-order chi connectivity index (χ0) is 17.3. The van der Waals surface area contributed by atoms with Gasteiger partial charge >= 0.3 is 24.2 Å². The van der Waals surface area contributed by atoms with Crippen molar-refractivity contribution in [1.29, 1.82) is 0 Å². The van der Waals surface area contributed by atoms with Crippen LogP contribution in [0.3, 0.4) is 0 Å². The molecule has 0 heterocycles. The van der Waals surface area contributed by atoms with Gasteiger partial charge in [-0.15, -0.1) is 0 Å². The van der Waals surface area contributed by atoms with Gasteiger partial charge < -0.3 is 10.4 Å². The van der Waals surface area contributed by atoms with Gasteiger partial charge in [0.25, 0.3) is 0 Å². The quantitative estimate of drug-likeness (QED) is 0.824. The van der Waals surface area contributed by atoms with Crippen LogP contribution in [-0.4, -0.2) is 23.2 Å². The number of hydrogen-bond donors (Lipinski definition) is 2. The highest BCUT2D eigenvalue weighted by Gasteiger charge is 2.42. The van der Waals surface area contributed by atoms with E-state index >= 15 is 0 Å². The minimum Gasteiger partial charge on any atom is -0.479 e. The van der Waals surface area contributed by atoms with Gasteiger partial charge in [0, 0.05) is 0 Å². The summed E-state index contributed by atoms with van der Waals surface area (Å²) in [6.45, 7) is 0. The fraction of sp³-hybridized carbons (Fsp3) is 0.273. The zero-order valence-corrected chi connectivity index (χ0v) is 11.0. The number of carbonyl (C=O) groups is 2. The lowest BCUT2D eigenvalue weighted by atomic mass is 10.0. The topological polar surface area (TPSA) is 66.4 Å². The smallest absolute Gasteiger partial charge is 0.471 e. The van der Waals surface area contributed by atoms with E-state index in [2.05, 4.69) is 0 Å². The third-order valence-electron chi connectivity index (χ3n) is 2.41. The number of carboxylic acid groups (broad SMARTS) is 1. The fourth-order valence-corrected chi connectivity index (χ4v) is 1.66. The molecule has 0 fully saturated rings. The van der Waals surface area contributed by atoms with Crippen LogP contribution in [0.5, 0.6) is 0 Å². The Morgan fingerprint density at radius 1 is 1.14 bits per heavy atom. The molecule has 0 radical (unpaired) electrons. The molecule has 2 N–H and O–H groups in total. The third-order valence-corrected chi connectivity index (χ3v) is 2.74. The Bertz CT molecular complexity index is 598. The van der Waals surface area contributed by atoms with Gasteiger partial charge in [0.1, 0.15) is 0 Å². The summed E-state index contributed by atoms with van der Waals surface area (Å²) in [6.07, 6.45) is -10.3. The maximum absolute atomic E-state index is 12.6. The molecule has 1 amide bonds. The van der Waals surface area contributed by atoms with E-state index in [1.54, 1.807) is 0 Å². The first-order valence-electron chi connectivity index (χ1n) is 5.31. The second-order valence-corrected chi connectivity index (χ2v) is 4.39. The fourth-order valence-electron chi connectivity index (χ4n) is 1.44. The first-order chi connectivity index (χ1) is 9.84. The molecule has 1 aromatic carbocycles. The van der Waals surface area contributed by atoms with Crippen LogP contribution in [0.25, 0.3) is 0 Å². The van der Waals surface area contributed by atoms with Crippen molar-refractivity contribution in [3.05, 3.63) is 34.3 Å². The highest BCUT2D eigenvalue weighted by molar-refractivity contribution is 6.31. The minimum absolute atomic E-state index is 0.262. The molecule has 1 aromatic rings. The molecule has 4 nitrogen and oxygen atoms in total. The van der Waals surface area contributed by atoms with E-state index < -0.39 is 46.4 Å². The number of halogens is 7. The van der Waals surface area contributed by atoms with Gasteiger partial charge in [-0.25, -0.2) is 4.79 Å². The normalized spacial score (nSPS) is 13.6. The second-order valence-electron chi connectivity index (χ2n) is 3.98. The first-order valence-corrected chi connectivity index (χ1v) is 5.69. The lowest BCUT2D eigenvalue weighted by molar-refractivity contribution is -0.175. The summed E-state index contributed by atoms with van der Waals surface area (Å²) in [7, 11) is 0. The Labute approximate surface area is 123 Å². The first kappa shape index (κ1) is 18.1. The zero-order valence-electron chi connectivity index (χ0n) is 10.2. The van der Waals surface area contributed by atoms with E-state index in [1.807, 2.05) is 0 Å². The molecule has 1 atom stereocenters. The summed E-state index contributed by atoms with van der Waals surface area (Å²) < 4.78 is 74.3. The summed E-state index contributed by atoms with van der Waals surface area (Å²) in [5.41, 5.74) is -2.14. The summed E-state index contributed by atoms with van der Waals surface area (Å²) in [4.78, 5) is 21.7. The largest absolute Gasteiger partial charge is 0.479 e. The summed E-state index contributed by atoms with van der Waals surface area (Å²) in [5.74, 6) is -4.56. The highest BCUT2D eigenvalue weighted by atomic mass is 35.5. The number of nitrogens with one attached hydrogen (secondary N) is 1. The number of carbonyl (C=O) groups excluding carboxylic acids is 1. The molecule has 0 aromatic heterocycles. The highest BCUT2D eigenvalue weighted by Crippen LogP contribution is 2.36. The molecular formula is C11H6ClF6NO3. The van der Waals surface area contributed by atoms with Gasteiger partial charge in [0.2, 0.25) is 0 Å². The van der Waals surface area contributed by atoms with Crippen LogP contribution >= 0.6 is 11.6 Å². The van der Waals surface area contributed by atoms with Crippen molar-refractivity contribution >= 4 is 23.5 Å². The number of amides is 1. The Hall–Kier alpha value is -1.97. The molecule has 0 aliphatic heterocycles. The molecule has 0 aliphatic carbocycles. The van der Waals surface area contributed by atoms with Crippen molar-refractivity contribution in [1.82, 2.24) is 5.32 Å². The predicted octanol–water partition coefficient (Wildman–Crippen LogP) is 3.16. The number of rotatable bonds is 3. The van der Waals surface area contributed by atoms with Crippen molar-refractivity contribution < 1.29 is 41.0 Å². The van der Waals surface area contributed by atoms with Gasteiger partial charge in [0.15, 0.2) is 6.04 Å². The van der Waals surface area contributed by atoms with E-state index in [9.17, 15) is 35.9 Å². The van der Waals surface area contributed by atoms with Gasteiger partial charge in [-0.05, 0) is 17.7 Å². The van der Waals surface area contributed by atoms with Gasteiger partial charge in [-0.2, -0.15) is 26.3 Å². The third kappa shape index (κ3) is 4.26. The second kappa shape index (κ2) is 6.03. The average Bonchev–Trinajstić information content (AvgIpc) is 2.33. The monoisotopic (exact) mass is 349 g/mol. The maximum atomic E-state index is 12.6. The predicted molar refractivity (Wildman–Crippen MR) is 61.0 cm³/mol. The van der Waals surface area contributed by atoms with Crippen molar-refractivity contribution in [2.75, 3.05) is 0 Å². The molecular weight excluding hydrogens is 344 g/mol. The minimum atomic E-state index is -5.38. The van der Waals surface area contributed by atoms with Crippen LogP contribution in [0.2, 0.25) is 5.02 Å². The van der Waals surface area contributed by atoms with Crippen LogP contribution in [0.4, 0.5) is 26.3 Å². The summed E-state index contributed by atoms with van der Waals surface area (Å²) >= 11 is 5.31. The summed E-state index contributed by atoms with van der Waals surface area (Å²) in [5, 5.41) is 9.14. The number of alkyl halides is 6. The van der Waals surface area contributed by atoms with E-state index in [1.165, 1.54) is 0 Å². The van der Waals surface area contributed by atoms with Gasteiger partial charge in [-0.3, -0.25) is 4.79 Å². The van der Waals surface area contributed by atoms with Crippen LogP contribution in [-0.2, 0) is 15.8 Å². The van der Waals surface area contributed by atoms with Crippen molar-refractivity contribution in [3.8, 4) is 0 Å². The van der Waals surface area contributed by atoms with Crippen molar-refractivity contribution in [2.24, 2.45) is 0 Å². The number of carboxylic acids is 1. The molecule has 11 heteroatoms. The lowest BCUT2D eigenvalue weighted by Gasteiger charge is -2.18. The van der Waals surface area contributed by atoms with Gasteiger partial charge in [0.05, 0.1) is 10.6 Å². The van der Waals surface area contributed by atoms with E-state index in [-0.39, 0.29) is 6.07 Å². The Kier molecular flexibility index (Phi) is 4.96. The van der Waals surface area contributed by atoms with Crippen molar-refractivity contribution in [2.45, 2.75) is 18.4 Å². The standard InChI is InChI=1S/C11H6ClF6NO3/c12-6-2-1-4(3-5(6)10(13,14)15)7(8(20)21)19-9(22)11(16,17)18/h1-3,7H,(H,19,22)(H,20,21). The van der Waals surface area contributed by atoms with E-state index in [0.29, 0.717) is 6.07 Å². The SMILES string of the molecule is O=C(O)C(NC(=O)C(F)(F)F)c1ccc(Cl)c(C(F)(F)F)c1. The van der Waals surface area contributed by atoms with E-state index in [0.717, 1.165) is 11.4 Å². The average molecular weight is 350 g/mol. The summed E-state index contributed by atoms with van der Waals surface area (Å²) in [6, 6.07) is -0.604. The molecule has 0 bridgehead atoms. The van der Waals surface area contributed by atoms with Crippen molar-refractivity contribution in [3.63, 3.8) is 0 Å². The van der Waals surface area contributed by atoms with Crippen LogP contribution in [0.1, 0.15) is 17.2 Å². The molecule has 0 saturated heterocycles. The number of aliphatic carboxylic acids is 1. The van der Waals surface area contributed by atoms with Crippen LogP contribution in [0, 0.1) is 0 Å². The Balaban J connectivity index is 3.24. The lowest BCUT2D eigenvalue weighted by Crippen LogP contribution is -2.42.